The van der Waals surface area contributed by atoms with Crippen LogP contribution >= 0.6 is 11.6 Å². The van der Waals surface area contributed by atoms with Crippen LogP contribution in [0.3, 0.4) is 0 Å². The Morgan fingerprint density at radius 1 is 1.15 bits per heavy atom. The smallest absolute Gasteiger partial charge is 0.227 e. The van der Waals surface area contributed by atoms with E-state index in [1.165, 1.54) is 5.56 Å². The summed E-state index contributed by atoms with van der Waals surface area (Å²) in [4.78, 5) is 18.6. The fourth-order valence-electron chi connectivity index (χ4n) is 3.19. The van der Waals surface area contributed by atoms with Gasteiger partial charge in [0.1, 0.15) is 0 Å². The van der Waals surface area contributed by atoms with E-state index in [1.54, 1.807) is 7.05 Å². The number of benzene rings is 2. The van der Waals surface area contributed by atoms with Crippen LogP contribution in [0.2, 0.25) is 5.02 Å². The molecule has 142 valence electrons. The Kier molecular flexibility index (Phi) is 6.71. The van der Waals surface area contributed by atoms with Gasteiger partial charge in [-0.05, 0) is 42.2 Å². The number of hydrogen-bond donors (Lipinski definition) is 2. The Balaban J connectivity index is 1.38. The molecule has 2 N–H and O–H groups in total. The third kappa shape index (κ3) is 5.23. The number of carbonyl (C=O) groups excluding carboxylic acids is 1. The number of aliphatic imine (C=N–C) groups is 1. The first-order chi connectivity index (χ1) is 13.2. The average Bonchev–Trinajstić information content (AvgIpc) is 3.13. The molecule has 1 aliphatic heterocycles. The Bertz CT molecular complexity index is 804. The van der Waals surface area contributed by atoms with E-state index < -0.39 is 0 Å². The Hall–Kier alpha value is -2.53. The number of anilines is 1. The SMILES string of the molecule is CN=C(NCCCC(=O)N1CCc2ccccc21)NCc1ccc(Cl)cc1. The zero-order chi connectivity index (χ0) is 19.1. The van der Waals surface area contributed by atoms with Crippen LogP contribution in [0, 0.1) is 0 Å². The van der Waals surface area contributed by atoms with Crippen molar-refractivity contribution in [2.45, 2.75) is 25.8 Å². The van der Waals surface area contributed by atoms with Gasteiger partial charge >= 0.3 is 0 Å². The number of hydrogen-bond acceptors (Lipinski definition) is 2. The van der Waals surface area contributed by atoms with Gasteiger partial charge in [0.15, 0.2) is 5.96 Å². The van der Waals surface area contributed by atoms with Crippen molar-refractivity contribution in [2.75, 3.05) is 25.0 Å². The zero-order valence-electron chi connectivity index (χ0n) is 15.5. The summed E-state index contributed by atoms with van der Waals surface area (Å²) >= 11 is 5.90. The second-order valence-electron chi connectivity index (χ2n) is 6.51. The van der Waals surface area contributed by atoms with Crippen LogP contribution in [0.25, 0.3) is 0 Å². The fraction of sp³-hybridized carbons (Fsp3) is 0.333. The van der Waals surface area contributed by atoms with E-state index in [0.29, 0.717) is 19.5 Å². The lowest BCUT2D eigenvalue weighted by Gasteiger charge is -2.17. The molecule has 0 aliphatic carbocycles. The van der Waals surface area contributed by atoms with Gasteiger partial charge in [-0.1, -0.05) is 41.9 Å². The minimum atomic E-state index is 0.186. The molecule has 0 saturated heterocycles. The Morgan fingerprint density at radius 3 is 2.70 bits per heavy atom. The van der Waals surface area contributed by atoms with Gasteiger partial charge in [-0.15, -0.1) is 0 Å². The van der Waals surface area contributed by atoms with Gasteiger partial charge in [-0.3, -0.25) is 9.79 Å². The van der Waals surface area contributed by atoms with Gasteiger partial charge in [0, 0.05) is 43.8 Å². The number of nitrogens with one attached hydrogen (secondary N) is 2. The maximum atomic E-state index is 12.5. The molecule has 6 heteroatoms. The average molecular weight is 385 g/mol. The number of fused-ring (bicyclic) bond motifs is 1. The summed E-state index contributed by atoms with van der Waals surface area (Å²) < 4.78 is 0. The molecular weight excluding hydrogens is 360 g/mol. The fourth-order valence-corrected chi connectivity index (χ4v) is 3.31. The van der Waals surface area contributed by atoms with Crippen LogP contribution < -0.4 is 15.5 Å². The minimum absolute atomic E-state index is 0.186. The quantitative estimate of drug-likeness (QED) is 0.456. The largest absolute Gasteiger partial charge is 0.356 e. The van der Waals surface area contributed by atoms with Crippen molar-refractivity contribution in [1.29, 1.82) is 0 Å². The molecule has 5 nitrogen and oxygen atoms in total. The highest BCUT2D eigenvalue weighted by Crippen LogP contribution is 2.27. The number of para-hydroxylation sites is 1. The minimum Gasteiger partial charge on any atom is -0.356 e. The summed E-state index contributed by atoms with van der Waals surface area (Å²) in [6.45, 7) is 2.15. The van der Waals surface area contributed by atoms with E-state index >= 15 is 0 Å². The van der Waals surface area contributed by atoms with E-state index in [4.69, 9.17) is 11.6 Å². The molecule has 2 aromatic carbocycles. The normalized spacial score (nSPS) is 13.4. The number of guanidine groups is 1. The van der Waals surface area contributed by atoms with E-state index in [-0.39, 0.29) is 5.91 Å². The molecule has 1 amide bonds. The molecule has 0 aromatic heterocycles. The molecule has 2 aromatic rings. The molecule has 0 bridgehead atoms. The maximum absolute atomic E-state index is 12.5. The summed E-state index contributed by atoms with van der Waals surface area (Å²) in [6, 6.07) is 15.8. The molecule has 0 atom stereocenters. The lowest BCUT2D eigenvalue weighted by atomic mass is 10.2. The van der Waals surface area contributed by atoms with Crippen molar-refractivity contribution >= 4 is 29.2 Å². The van der Waals surface area contributed by atoms with E-state index in [2.05, 4.69) is 21.7 Å². The van der Waals surface area contributed by atoms with Crippen molar-refractivity contribution in [1.82, 2.24) is 10.6 Å². The van der Waals surface area contributed by atoms with Gasteiger partial charge < -0.3 is 15.5 Å². The Morgan fingerprint density at radius 2 is 1.93 bits per heavy atom. The van der Waals surface area contributed by atoms with Crippen LogP contribution in [0.4, 0.5) is 5.69 Å². The molecule has 3 rings (SSSR count). The van der Waals surface area contributed by atoms with Crippen molar-refractivity contribution < 1.29 is 4.79 Å². The number of halogens is 1. The van der Waals surface area contributed by atoms with Crippen molar-refractivity contribution in [3.8, 4) is 0 Å². The second kappa shape index (κ2) is 9.42. The predicted molar refractivity (Wildman–Crippen MR) is 111 cm³/mol. The van der Waals surface area contributed by atoms with Crippen LogP contribution in [-0.4, -0.2) is 32.0 Å². The van der Waals surface area contributed by atoms with E-state index in [9.17, 15) is 4.79 Å². The molecule has 27 heavy (non-hydrogen) atoms. The highest BCUT2D eigenvalue weighted by Gasteiger charge is 2.23. The first kappa shape index (κ1) is 19.2. The highest BCUT2D eigenvalue weighted by atomic mass is 35.5. The van der Waals surface area contributed by atoms with Crippen molar-refractivity contribution in [3.63, 3.8) is 0 Å². The number of nitrogens with zero attached hydrogens (tertiary/aromatic N) is 2. The van der Waals surface area contributed by atoms with Crippen LogP contribution in [0.15, 0.2) is 53.5 Å². The third-order valence-corrected chi connectivity index (χ3v) is 4.90. The number of rotatable bonds is 6. The van der Waals surface area contributed by atoms with Gasteiger partial charge in [0.2, 0.25) is 5.91 Å². The van der Waals surface area contributed by atoms with E-state index in [1.807, 2.05) is 47.4 Å². The molecule has 0 fully saturated rings. The third-order valence-electron chi connectivity index (χ3n) is 4.64. The standard InChI is InChI=1S/C21H25ClN4O/c1-23-21(25-15-16-8-10-18(22)11-9-16)24-13-4-7-20(27)26-14-12-17-5-2-3-6-19(17)26/h2-3,5-6,8-11H,4,7,12-15H2,1H3,(H2,23,24,25). The molecule has 0 radical (unpaired) electrons. The zero-order valence-corrected chi connectivity index (χ0v) is 16.3. The first-order valence-corrected chi connectivity index (χ1v) is 9.62. The predicted octanol–water partition coefficient (Wildman–Crippen LogP) is 3.37. The summed E-state index contributed by atoms with van der Waals surface area (Å²) in [6.07, 6.45) is 2.23. The lowest BCUT2D eigenvalue weighted by Crippen LogP contribution is -2.37. The summed E-state index contributed by atoms with van der Waals surface area (Å²) in [5.41, 5.74) is 3.46. The molecule has 1 heterocycles. The maximum Gasteiger partial charge on any atom is 0.227 e. The topological polar surface area (TPSA) is 56.7 Å². The number of amides is 1. The number of carbonyl (C=O) groups is 1. The summed E-state index contributed by atoms with van der Waals surface area (Å²) in [5, 5.41) is 7.25. The summed E-state index contributed by atoms with van der Waals surface area (Å²) in [5.74, 6) is 0.912. The van der Waals surface area contributed by atoms with Gasteiger partial charge in [-0.25, -0.2) is 0 Å². The molecular formula is C21H25ClN4O. The monoisotopic (exact) mass is 384 g/mol. The van der Waals surface area contributed by atoms with Crippen LogP contribution in [0.1, 0.15) is 24.0 Å². The molecule has 1 aliphatic rings. The van der Waals surface area contributed by atoms with Gasteiger partial charge in [0.25, 0.3) is 0 Å². The molecule has 0 saturated carbocycles. The first-order valence-electron chi connectivity index (χ1n) is 9.24. The second-order valence-corrected chi connectivity index (χ2v) is 6.94. The lowest BCUT2D eigenvalue weighted by molar-refractivity contribution is -0.118. The van der Waals surface area contributed by atoms with E-state index in [0.717, 1.165) is 41.6 Å². The van der Waals surface area contributed by atoms with Crippen LogP contribution in [-0.2, 0) is 17.8 Å². The highest BCUT2D eigenvalue weighted by molar-refractivity contribution is 6.30. The van der Waals surface area contributed by atoms with Crippen LogP contribution in [0.5, 0.6) is 0 Å². The Labute approximate surface area is 165 Å². The van der Waals surface area contributed by atoms with Crippen molar-refractivity contribution in [2.24, 2.45) is 4.99 Å². The summed E-state index contributed by atoms with van der Waals surface area (Å²) in [7, 11) is 1.74. The van der Waals surface area contributed by atoms with Crippen molar-refractivity contribution in [3.05, 3.63) is 64.7 Å². The molecule has 0 unspecified atom stereocenters. The molecule has 0 spiro atoms. The van der Waals surface area contributed by atoms with Gasteiger partial charge in [-0.2, -0.15) is 0 Å². The van der Waals surface area contributed by atoms with Gasteiger partial charge in [0.05, 0.1) is 0 Å².